The molecule has 1 aliphatic rings. The van der Waals surface area contributed by atoms with Crippen LogP contribution in [0.2, 0.25) is 0 Å². The van der Waals surface area contributed by atoms with Crippen LogP contribution in [0.15, 0.2) is 11.6 Å². The first-order valence-corrected chi connectivity index (χ1v) is 5.16. The largest absolute Gasteiger partial charge is 0.465 e. The molecule has 0 aliphatic heterocycles. The Balaban J connectivity index is 2.10. The van der Waals surface area contributed by atoms with E-state index in [4.69, 9.17) is 4.74 Å². The summed E-state index contributed by atoms with van der Waals surface area (Å²) in [6.45, 7) is 2.68. The number of esters is 1. The average molecular weight is 182 g/mol. The van der Waals surface area contributed by atoms with Gasteiger partial charge in [-0.3, -0.25) is 4.79 Å². The maximum Gasteiger partial charge on any atom is 0.309 e. The fourth-order valence-electron chi connectivity index (χ4n) is 1.46. The summed E-state index contributed by atoms with van der Waals surface area (Å²) < 4.78 is 5.06. The van der Waals surface area contributed by atoms with Crippen molar-refractivity contribution in [3.63, 3.8) is 0 Å². The number of hydrogen-bond acceptors (Lipinski definition) is 2. The average Bonchev–Trinajstić information content (AvgIpc) is 2.57. The van der Waals surface area contributed by atoms with Gasteiger partial charge in [-0.05, 0) is 25.7 Å². The first-order valence-electron chi connectivity index (χ1n) is 5.16. The highest BCUT2D eigenvalue weighted by Crippen LogP contribution is 2.20. The molecule has 74 valence electrons. The van der Waals surface area contributed by atoms with Gasteiger partial charge in [0.2, 0.25) is 0 Å². The third-order valence-electron chi connectivity index (χ3n) is 2.27. The summed E-state index contributed by atoms with van der Waals surface area (Å²) in [5.74, 6) is -0.0541. The summed E-state index contributed by atoms with van der Waals surface area (Å²) in [5, 5.41) is 0. The molecule has 2 heteroatoms. The highest BCUT2D eigenvalue weighted by molar-refractivity contribution is 5.72. The molecule has 0 bridgehead atoms. The van der Waals surface area contributed by atoms with E-state index in [1.54, 1.807) is 0 Å². The zero-order chi connectivity index (χ0) is 9.52. The van der Waals surface area contributed by atoms with Crippen LogP contribution in [0.3, 0.4) is 0 Å². The number of unbranched alkanes of at least 4 members (excludes halogenated alkanes) is 1. The van der Waals surface area contributed by atoms with Gasteiger partial charge in [-0.2, -0.15) is 0 Å². The van der Waals surface area contributed by atoms with Crippen molar-refractivity contribution < 1.29 is 9.53 Å². The second kappa shape index (κ2) is 5.79. The Morgan fingerprint density at radius 1 is 1.62 bits per heavy atom. The third-order valence-corrected chi connectivity index (χ3v) is 2.27. The first kappa shape index (κ1) is 10.3. The number of ether oxygens (including phenoxy) is 1. The summed E-state index contributed by atoms with van der Waals surface area (Å²) in [4.78, 5) is 11.2. The van der Waals surface area contributed by atoms with Gasteiger partial charge >= 0.3 is 5.97 Å². The van der Waals surface area contributed by atoms with Crippen LogP contribution in [0.25, 0.3) is 0 Å². The van der Waals surface area contributed by atoms with Gasteiger partial charge in [0.15, 0.2) is 0 Å². The highest BCUT2D eigenvalue weighted by atomic mass is 16.5. The van der Waals surface area contributed by atoms with E-state index in [0.29, 0.717) is 13.0 Å². The molecule has 2 nitrogen and oxygen atoms in total. The number of allylic oxidation sites excluding steroid dienone is 1. The van der Waals surface area contributed by atoms with Crippen LogP contribution in [0.4, 0.5) is 0 Å². The van der Waals surface area contributed by atoms with Crippen LogP contribution in [0.5, 0.6) is 0 Å². The van der Waals surface area contributed by atoms with E-state index in [9.17, 15) is 4.79 Å². The topological polar surface area (TPSA) is 26.3 Å². The minimum absolute atomic E-state index is 0.0541. The van der Waals surface area contributed by atoms with E-state index in [0.717, 1.165) is 25.7 Å². The van der Waals surface area contributed by atoms with Crippen LogP contribution in [0, 0.1) is 0 Å². The molecule has 0 radical (unpaired) electrons. The molecule has 0 unspecified atom stereocenters. The molecular formula is C11H18O2. The molecule has 0 amide bonds. The summed E-state index contributed by atoms with van der Waals surface area (Å²) in [6.07, 6.45) is 8.17. The van der Waals surface area contributed by atoms with Crippen LogP contribution < -0.4 is 0 Å². The Labute approximate surface area is 80.0 Å². The van der Waals surface area contributed by atoms with Crippen LogP contribution >= 0.6 is 0 Å². The zero-order valence-corrected chi connectivity index (χ0v) is 8.34. The normalized spacial score (nSPS) is 15.6. The molecule has 0 saturated carbocycles. The summed E-state index contributed by atoms with van der Waals surface area (Å²) in [7, 11) is 0. The van der Waals surface area contributed by atoms with Crippen molar-refractivity contribution in [2.75, 3.05) is 6.61 Å². The zero-order valence-electron chi connectivity index (χ0n) is 8.34. The van der Waals surface area contributed by atoms with E-state index in [2.05, 4.69) is 13.0 Å². The summed E-state index contributed by atoms with van der Waals surface area (Å²) in [6, 6.07) is 0. The number of carbonyl (C=O) groups excluding carboxylic acids is 1. The molecule has 0 spiro atoms. The van der Waals surface area contributed by atoms with Crippen molar-refractivity contribution in [1.29, 1.82) is 0 Å². The summed E-state index contributed by atoms with van der Waals surface area (Å²) in [5.41, 5.74) is 1.27. The van der Waals surface area contributed by atoms with Gasteiger partial charge in [0.05, 0.1) is 13.0 Å². The second-order valence-electron chi connectivity index (χ2n) is 3.51. The van der Waals surface area contributed by atoms with Gasteiger partial charge in [0.25, 0.3) is 0 Å². The van der Waals surface area contributed by atoms with Gasteiger partial charge in [0, 0.05) is 0 Å². The van der Waals surface area contributed by atoms with Crippen LogP contribution in [0.1, 0.15) is 45.4 Å². The molecule has 0 N–H and O–H groups in total. The lowest BCUT2D eigenvalue weighted by Crippen LogP contribution is -2.06. The molecule has 1 rings (SSSR count). The van der Waals surface area contributed by atoms with E-state index >= 15 is 0 Å². The van der Waals surface area contributed by atoms with Gasteiger partial charge < -0.3 is 4.74 Å². The molecule has 0 aromatic carbocycles. The fraction of sp³-hybridized carbons (Fsp3) is 0.727. The smallest absolute Gasteiger partial charge is 0.309 e. The second-order valence-corrected chi connectivity index (χ2v) is 3.51. The third kappa shape index (κ3) is 4.11. The standard InChI is InChI=1S/C11H18O2/c1-2-3-8-13-11(12)9-10-6-4-5-7-10/h6H,2-5,7-9H2,1H3. The fourth-order valence-corrected chi connectivity index (χ4v) is 1.46. The molecule has 0 aromatic rings. The molecule has 13 heavy (non-hydrogen) atoms. The van der Waals surface area contributed by atoms with E-state index < -0.39 is 0 Å². The number of rotatable bonds is 5. The molecule has 0 fully saturated rings. The SMILES string of the molecule is CCCCOC(=O)CC1=CCCC1. The number of hydrogen-bond donors (Lipinski definition) is 0. The van der Waals surface area contributed by atoms with Gasteiger partial charge in [-0.1, -0.05) is 25.0 Å². The van der Waals surface area contributed by atoms with Crippen molar-refractivity contribution in [2.24, 2.45) is 0 Å². The molecule has 0 saturated heterocycles. The molecule has 1 aliphatic carbocycles. The van der Waals surface area contributed by atoms with Crippen molar-refractivity contribution >= 4 is 5.97 Å². The van der Waals surface area contributed by atoms with Gasteiger partial charge in [-0.25, -0.2) is 0 Å². The molecule has 0 heterocycles. The Hall–Kier alpha value is -0.790. The van der Waals surface area contributed by atoms with Gasteiger partial charge in [0.1, 0.15) is 0 Å². The monoisotopic (exact) mass is 182 g/mol. The quantitative estimate of drug-likeness (QED) is 0.371. The molecular weight excluding hydrogens is 164 g/mol. The van der Waals surface area contributed by atoms with Crippen molar-refractivity contribution in [3.8, 4) is 0 Å². The Morgan fingerprint density at radius 2 is 2.46 bits per heavy atom. The van der Waals surface area contributed by atoms with E-state index in [-0.39, 0.29) is 5.97 Å². The lowest BCUT2D eigenvalue weighted by Gasteiger charge is -2.03. The van der Waals surface area contributed by atoms with Gasteiger partial charge in [-0.15, -0.1) is 0 Å². The highest BCUT2D eigenvalue weighted by Gasteiger charge is 2.10. The van der Waals surface area contributed by atoms with Crippen molar-refractivity contribution in [1.82, 2.24) is 0 Å². The van der Waals surface area contributed by atoms with E-state index in [1.165, 1.54) is 12.0 Å². The minimum atomic E-state index is -0.0541. The first-order chi connectivity index (χ1) is 6.33. The Bertz CT molecular complexity index is 194. The van der Waals surface area contributed by atoms with Crippen molar-refractivity contribution in [2.45, 2.75) is 45.4 Å². The Kier molecular flexibility index (Phi) is 4.58. The lowest BCUT2D eigenvalue weighted by atomic mass is 10.2. The maximum atomic E-state index is 11.2. The predicted octanol–water partition coefficient (Wildman–Crippen LogP) is 2.83. The Morgan fingerprint density at radius 3 is 3.08 bits per heavy atom. The van der Waals surface area contributed by atoms with Crippen molar-refractivity contribution in [3.05, 3.63) is 11.6 Å². The lowest BCUT2D eigenvalue weighted by molar-refractivity contribution is -0.142. The van der Waals surface area contributed by atoms with Crippen LogP contribution in [-0.2, 0) is 9.53 Å². The molecule has 0 aromatic heterocycles. The molecule has 0 atom stereocenters. The van der Waals surface area contributed by atoms with E-state index in [1.807, 2.05) is 0 Å². The van der Waals surface area contributed by atoms with Crippen LogP contribution in [-0.4, -0.2) is 12.6 Å². The minimum Gasteiger partial charge on any atom is -0.465 e. The number of carbonyl (C=O) groups is 1. The maximum absolute atomic E-state index is 11.2. The predicted molar refractivity (Wildman–Crippen MR) is 52.4 cm³/mol. The summed E-state index contributed by atoms with van der Waals surface area (Å²) >= 11 is 0.